The number of halogens is 2. The molecule has 2 aromatic carbocycles. The van der Waals surface area contributed by atoms with Crippen LogP contribution < -0.4 is 10.9 Å². The zero-order chi connectivity index (χ0) is 24.8. The van der Waals surface area contributed by atoms with Crippen LogP contribution in [-0.4, -0.2) is 45.5 Å². The Morgan fingerprint density at radius 3 is 2.75 bits per heavy atom. The fraction of sp³-hybridized carbons (Fsp3) is 0.308. The predicted octanol–water partition coefficient (Wildman–Crippen LogP) is 3.58. The Hall–Kier alpha value is -3.37. The highest BCUT2D eigenvalue weighted by molar-refractivity contribution is 7.98. The van der Waals surface area contributed by atoms with Gasteiger partial charge in [-0.25, -0.2) is 13.5 Å². The average Bonchev–Trinajstić information content (AvgIpc) is 3.66. The minimum absolute atomic E-state index is 0.187. The van der Waals surface area contributed by atoms with Gasteiger partial charge in [0.25, 0.3) is 5.91 Å². The van der Waals surface area contributed by atoms with Gasteiger partial charge in [-0.3, -0.25) is 9.59 Å². The lowest BCUT2D eigenvalue weighted by atomic mass is 9.92. The topological polar surface area (TPSA) is 83.8 Å². The molecule has 1 aliphatic carbocycles. The zero-order valence-electron chi connectivity index (χ0n) is 19.0. The lowest BCUT2D eigenvalue weighted by Gasteiger charge is -2.45. The Kier molecular flexibility index (Phi) is 4.60. The fourth-order valence-corrected chi connectivity index (χ4v) is 6.52. The Morgan fingerprint density at radius 2 is 1.94 bits per heavy atom. The van der Waals surface area contributed by atoms with Crippen molar-refractivity contribution in [2.45, 2.75) is 41.7 Å². The summed E-state index contributed by atoms with van der Waals surface area (Å²) in [7, 11) is 0. The van der Waals surface area contributed by atoms with E-state index in [-0.39, 0.29) is 34.9 Å². The Labute approximate surface area is 208 Å². The predicted molar refractivity (Wildman–Crippen MR) is 129 cm³/mol. The molecule has 0 bridgehead atoms. The Balaban J connectivity index is 1.44. The number of benzene rings is 2. The van der Waals surface area contributed by atoms with Crippen molar-refractivity contribution in [2.24, 2.45) is 0 Å². The Morgan fingerprint density at radius 1 is 1.14 bits per heavy atom. The number of hydrogen-bond donors (Lipinski definition) is 2. The minimum Gasteiger partial charge on any atom is -0.502 e. The molecule has 3 aliphatic heterocycles. The standard InChI is InChI=1S/C26H21F2N3O4S/c27-17-8-15(14-7-13-3-1-2-4-20(13)36-11-16(14)22(17)28)18-9-19(32)24(33)23-25(34)30-12-26(5-6-26)35-10-21(30)29-31(18)23/h1-4,8-9,21,29,33H,5-7,10-12H2/t21-/m0/s1. The molecule has 0 unspecified atom stereocenters. The van der Waals surface area contributed by atoms with E-state index in [1.54, 1.807) is 4.90 Å². The summed E-state index contributed by atoms with van der Waals surface area (Å²) in [5.74, 6) is -2.91. The molecule has 2 N–H and O–H groups in total. The van der Waals surface area contributed by atoms with Gasteiger partial charge in [0.15, 0.2) is 23.1 Å². The first kappa shape index (κ1) is 21.9. The van der Waals surface area contributed by atoms with Crippen molar-refractivity contribution in [2.75, 3.05) is 18.6 Å². The van der Waals surface area contributed by atoms with Crippen LogP contribution >= 0.6 is 11.8 Å². The van der Waals surface area contributed by atoms with E-state index in [0.717, 1.165) is 35.4 Å². The SMILES string of the molecule is O=C1c2c(O)c(=O)cc(-c3cc(F)c(F)c4c3Cc3ccccc3SC4)n2N[C@@H]2COC3(CC3)CN12. The number of morpholine rings is 1. The summed E-state index contributed by atoms with van der Waals surface area (Å²) in [6.07, 6.45) is 1.49. The third kappa shape index (κ3) is 3.13. The van der Waals surface area contributed by atoms with Gasteiger partial charge in [-0.1, -0.05) is 18.2 Å². The van der Waals surface area contributed by atoms with E-state index in [0.29, 0.717) is 24.1 Å². The number of carbonyl (C=O) groups excluding carboxylic acids is 1. The number of ether oxygens (including phenoxy) is 1. The number of thioether (sulfide) groups is 1. The molecule has 1 atom stereocenters. The second kappa shape index (κ2) is 7.57. The smallest absolute Gasteiger partial charge is 0.278 e. The third-order valence-electron chi connectivity index (χ3n) is 7.54. The van der Waals surface area contributed by atoms with E-state index >= 15 is 4.39 Å². The van der Waals surface area contributed by atoms with Gasteiger partial charge >= 0.3 is 0 Å². The van der Waals surface area contributed by atoms with Gasteiger partial charge in [0.05, 0.1) is 24.4 Å². The number of pyridine rings is 1. The highest BCUT2D eigenvalue weighted by Gasteiger charge is 2.53. The van der Waals surface area contributed by atoms with E-state index in [1.807, 2.05) is 24.3 Å². The van der Waals surface area contributed by atoms with E-state index < -0.39 is 34.9 Å². The van der Waals surface area contributed by atoms with Crippen LogP contribution in [0, 0.1) is 11.6 Å². The van der Waals surface area contributed by atoms with E-state index in [2.05, 4.69) is 5.43 Å². The van der Waals surface area contributed by atoms with Gasteiger partial charge < -0.3 is 20.2 Å². The molecule has 3 aromatic rings. The first-order valence-electron chi connectivity index (χ1n) is 11.8. The van der Waals surface area contributed by atoms with E-state index in [4.69, 9.17) is 4.74 Å². The largest absolute Gasteiger partial charge is 0.502 e. The number of rotatable bonds is 1. The number of nitrogens with zero attached hydrogens (tertiary/aromatic N) is 2. The van der Waals surface area contributed by atoms with Crippen LogP contribution in [0.5, 0.6) is 5.75 Å². The lowest BCUT2D eigenvalue weighted by Crippen LogP contribution is -2.62. The van der Waals surface area contributed by atoms with Crippen molar-refractivity contribution in [3.05, 3.63) is 80.6 Å². The van der Waals surface area contributed by atoms with Gasteiger partial charge in [-0.15, -0.1) is 11.8 Å². The van der Waals surface area contributed by atoms with Gasteiger partial charge in [-0.2, -0.15) is 0 Å². The van der Waals surface area contributed by atoms with E-state index in [1.165, 1.54) is 16.4 Å². The van der Waals surface area contributed by atoms with Gasteiger partial charge in [0, 0.05) is 27.8 Å². The lowest BCUT2D eigenvalue weighted by molar-refractivity contribution is -0.0663. The van der Waals surface area contributed by atoms with Crippen molar-refractivity contribution < 1.29 is 23.4 Å². The molecule has 1 amide bonds. The van der Waals surface area contributed by atoms with Crippen molar-refractivity contribution in [3.8, 4) is 17.0 Å². The van der Waals surface area contributed by atoms with Gasteiger partial charge in [0.1, 0.15) is 6.17 Å². The monoisotopic (exact) mass is 509 g/mol. The minimum atomic E-state index is -1.04. The number of fused-ring (bicyclic) bond motifs is 4. The maximum Gasteiger partial charge on any atom is 0.278 e. The molecular weight excluding hydrogens is 488 g/mol. The maximum atomic E-state index is 15.0. The molecule has 0 radical (unpaired) electrons. The third-order valence-corrected chi connectivity index (χ3v) is 8.69. The first-order chi connectivity index (χ1) is 17.3. The molecule has 10 heteroatoms. The fourth-order valence-electron chi connectivity index (χ4n) is 5.42. The number of aromatic hydroxyl groups is 1. The summed E-state index contributed by atoms with van der Waals surface area (Å²) in [5.41, 5.74) is 4.05. The molecule has 4 heterocycles. The Bertz CT molecular complexity index is 1530. The van der Waals surface area contributed by atoms with E-state index in [9.17, 15) is 19.1 Å². The summed E-state index contributed by atoms with van der Waals surface area (Å²) in [4.78, 5) is 28.9. The van der Waals surface area contributed by atoms with Crippen LogP contribution in [0.15, 0.2) is 46.1 Å². The highest BCUT2D eigenvalue weighted by atomic mass is 32.2. The average molecular weight is 510 g/mol. The van der Waals surface area contributed by atoms with Gasteiger partial charge in [0.2, 0.25) is 5.43 Å². The normalized spacial score (nSPS) is 21.1. The van der Waals surface area contributed by atoms with Crippen LogP contribution in [0.1, 0.15) is 40.0 Å². The molecule has 1 spiro atoms. The molecule has 36 heavy (non-hydrogen) atoms. The zero-order valence-corrected chi connectivity index (χ0v) is 19.8. The number of amides is 1. The molecule has 7 rings (SSSR count). The summed E-state index contributed by atoms with van der Waals surface area (Å²) in [5, 5.41) is 10.6. The number of aromatic nitrogens is 1. The quantitative estimate of drug-likeness (QED) is 0.522. The maximum absolute atomic E-state index is 15.0. The molecule has 1 saturated heterocycles. The van der Waals surface area contributed by atoms with Crippen molar-refractivity contribution >= 4 is 17.7 Å². The van der Waals surface area contributed by atoms with Crippen molar-refractivity contribution in [3.63, 3.8) is 0 Å². The number of carbonyl (C=O) groups is 1. The summed E-state index contributed by atoms with van der Waals surface area (Å²) < 4.78 is 37.3. The van der Waals surface area contributed by atoms with Crippen LogP contribution in [0.2, 0.25) is 0 Å². The number of nitrogens with one attached hydrogen (secondary N) is 1. The molecule has 1 aromatic heterocycles. The van der Waals surface area contributed by atoms with Gasteiger partial charge in [-0.05, 0) is 42.5 Å². The van der Waals surface area contributed by atoms with Crippen molar-refractivity contribution in [1.82, 2.24) is 9.58 Å². The second-order valence-corrected chi connectivity index (χ2v) is 10.8. The van der Waals surface area contributed by atoms with Crippen LogP contribution in [0.4, 0.5) is 8.78 Å². The van der Waals surface area contributed by atoms with Crippen LogP contribution in [-0.2, 0) is 16.9 Å². The summed E-state index contributed by atoms with van der Waals surface area (Å²) in [6, 6.07) is 9.90. The molecule has 1 saturated carbocycles. The molecule has 184 valence electrons. The molecule has 7 nitrogen and oxygen atoms in total. The molecule has 4 aliphatic rings. The van der Waals surface area contributed by atoms with Crippen LogP contribution in [0.25, 0.3) is 11.3 Å². The summed E-state index contributed by atoms with van der Waals surface area (Å²) >= 11 is 1.43. The highest BCUT2D eigenvalue weighted by Crippen LogP contribution is 2.45. The van der Waals surface area contributed by atoms with Crippen molar-refractivity contribution in [1.29, 1.82) is 0 Å². The van der Waals surface area contributed by atoms with Crippen LogP contribution in [0.3, 0.4) is 0 Å². The number of hydrogen-bond acceptors (Lipinski definition) is 6. The second-order valence-electron chi connectivity index (χ2n) is 9.75. The summed E-state index contributed by atoms with van der Waals surface area (Å²) in [6.45, 7) is 0.591. The molecule has 2 fully saturated rings. The first-order valence-corrected chi connectivity index (χ1v) is 12.8. The molecular formula is C26H21F2N3O4S.